The van der Waals surface area contributed by atoms with Crippen LogP contribution in [-0.4, -0.2) is 0 Å². The number of rotatable bonds is 6. The fourth-order valence-corrected chi connectivity index (χ4v) is 5.25. The van der Waals surface area contributed by atoms with E-state index in [1.807, 2.05) is 0 Å². The van der Waals surface area contributed by atoms with Crippen molar-refractivity contribution in [2.45, 2.75) is 25.0 Å². The molecular formula is C35H35HfO-3. The molecule has 0 heterocycles. The Kier molecular flexibility index (Phi) is 11.2. The van der Waals surface area contributed by atoms with Gasteiger partial charge in [-0.15, -0.1) is 0 Å². The van der Waals surface area contributed by atoms with Gasteiger partial charge < -0.3 is 27.0 Å². The second-order valence-electron chi connectivity index (χ2n) is 8.82. The van der Waals surface area contributed by atoms with Crippen molar-refractivity contribution < 1.29 is 30.6 Å². The van der Waals surface area contributed by atoms with Crippen LogP contribution in [0, 0.1) is 22.3 Å². The summed E-state index contributed by atoms with van der Waals surface area (Å²) in [6, 6.07) is 34.7. The van der Waals surface area contributed by atoms with E-state index in [4.69, 9.17) is 4.74 Å². The Morgan fingerprint density at radius 3 is 1.24 bits per heavy atom. The van der Waals surface area contributed by atoms with Crippen LogP contribution in [0.1, 0.15) is 56.3 Å². The third kappa shape index (κ3) is 6.03. The van der Waals surface area contributed by atoms with Crippen molar-refractivity contribution in [2.24, 2.45) is 0 Å². The standard InChI is InChI=1S/C32H26O.3CH3.Hf/c1-5-13-27-23(9-1)17-19-31(27)29-15-7-3-11-25(29)21-33-22-26-12-4-8-16-30(26)32-20-18-24-10-2-6-14-28(24)32;;;;/h1-20,31-32H,21-22H2;3*1H3;/q;3*-1;. The summed E-state index contributed by atoms with van der Waals surface area (Å²) in [6.07, 6.45) is 9.09. The summed E-state index contributed by atoms with van der Waals surface area (Å²) in [4.78, 5) is 0. The molecule has 0 bridgehead atoms. The Morgan fingerprint density at radius 1 is 0.459 bits per heavy atom. The zero-order valence-electron chi connectivity index (χ0n) is 22.0. The molecule has 4 aromatic carbocycles. The average Bonchev–Trinajstić information content (AvgIpc) is 3.49. The molecule has 2 aliphatic rings. The average molecular weight is 650 g/mol. The summed E-state index contributed by atoms with van der Waals surface area (Å²) in [6.45, 7) is 1.21. The number of fused-ring (bicyclic) bond motifs is 2. The van der Waals surface area contributed by atoms with Gasteiger partial charge in [0, 0.05) is 37.7 Å². The molecule has 37 heavy (non-hydrogen) atoms. The zero-order chi connectivity index (χ0) is 22.0. The summed E-state index contributed by atoms with van der Waals surface area (Å²) in [5.41, 5.74) is 10.6. The molecule has 0 aliphatic heterocycles. The van der Waals surface area contributed by atoms with E-state index in [9.17, 15) is 0 Å². The van der Waals surface area contributed by atoms with Crippen molar-refractivity contribution in [3.63, 3.8) is 0 Å². The van der Waals surface area contributed by atoms with E-state index in [2.05, 4.69) is 121 Å². The summed E-state index contributed by atoms with van der Waals surface area (Å²) < 4.78 is 6.33. The predicted octanol–water partition coefficient (Wildman–Crippen LogP) is 9.07. The molecule has 0 spiro atoms. The quantitative estimate of drug-likeness (QED) is 0.150. The minimum absolute atomic E-state index is 0. The molecule has 0 saturated heterocycles. The van der Waals surface area contributed by atoms with E-state index in [-0.39, 0.29) is 48.1 Å². The first-order valence-corrected chi connectivity index (χ1v) is 11.7. The zero-order valence-corrected chi connectivity index (χ0v) is 25.6. The summed E-state index contributed by atoms with van der Waals surface area (Å²) in [7, 11) is 0. The summed E-state index contributed by atoms with van der Waals surface area (Å²) >= 11 is 0. The van der Waals surface area contributed by atoms with E-state index >= 15 is 0 Å². The fourth-order valence-electron chi connectivity index (χ4n) is 5.25. The Balaban J connectivity index is 0.00000120. The first kappa shape index (κ1) is 30.4. The van der Waals surface area contributed by atoms with E-state index in [1.54, 1.807) is 0 Å². The third-order valence-corrected chi connectivity index (χ3v) is 6.89. The molecule has 0 saturated carbocycles. The van der Waals surface area contributed by atoms with Gasteiger partial charge in [0.15, 0.2) is 0 Å². The second-order valence-corrected chi connectivity index (χ2v) is 8.82. The predicted molar refractivity (Wildman–Crippen MR) is 155 cm³/mol. The van der Waals surface area contributed by atoms with Crippen LogP contribution in [0.15, 0.2) is 109 Å². The van der Waals surface area contributed by atoms with Gasteiger partial charge in [0.2, 0.25) is 0 Å². The van der Waals surface area contributed by atoms with Crippen molar-refractivity contribution in [3.8, 4) is 0 Å². The Bertz CT molecular complexity index is 1260. The molecule has 2 heteroatoms. The molecule has 2 aliphatic carbocycles. The first-order chi connectivity index (χ1) is 16.4. The van der Waals surface area contributed by atoms with Crippen LogP contribution < -0.4 is 0 Å². The third-order valence-electron chi connectivity index (χ3n) is 6.89. The Labute approximate surface area is 242 Å². The molecule has 0 fully saturated rings. The topological polar surface area (TPSA) is 9.23 Å². The van der Waals surface area contributed by atoms with Crippen LogP contribution in [0.5, 0.6) is 0 Å². The fraction of sp³-hybridized carbons (Fsp3) is 0.114. The van der Waals surface area contributed by atoms with Gasteiger partial charge in [-0.3, -0.25) is 0 Å². The maximum atomic E-state index is 6.33. The normalized spacial score (nSPS) is 15.9. The SMILES string of the molecule is C1=CC(c2ccccc2COCc2ccccc2C2C=Cc3ccccc32)c2ccccc21.[CH3-].[CH3-].[CH3-].[Hf]. The molecule has 1 nitrogen and oxygen atoms in total. The monoisotopic (exact) mass is 651 g/mol. The molecule has 188 valence electrons. The molecular weight excluding hydrogens is 615 g/mol. The van der Waals surface area contributed by atoms with Crippen molar-refractivity contribution in [3.05, 3.63) is 176 Å². The summed E-state index contributed by atoms with van der Waals surface area (Å²) in [5.74, 6) is 0.599. The number of ether oxygens (including phenoxy) is 1. The van der Waals surface area contributed by atoms with Gasteiger partial charge in [0.05, 0.1) is 13.2 Å². The van der Waals surface area contributed by atoms with E-state index in [0.717, 1.165) is 0 Å². The Hall–Kier alpha value is -2.81. The van der Waals surface area contributed by atoms with E-state index in [1.165, 1.54) is 44.5 Å². The maximum absolute atomic E-state index is 6.33. The van der Waals surface area contributed by atoms with Gasteiger partial charge in [-0.25, -0.2) is 0 Å². The molecule has 2 unspecified atom stereocenters. The van der Waals surface area contributed by atoms with E-state index in [0.29, 0.717) is 25.0 Å². The molecule has 2 atom stereocenters. The van der Waals surface area contributed by atoms with Gasteiger partial charge in [0.25, 0.3) is 0 Å². The number of hydrogen-bond acceptors (Lipinski definition) is 1. The van der Waals surface area contributed by atoms with E-state index < -0.39 is 0 Å². The molecule has 0 N–H and O–H groups in total. The van der Waals surface area contributed by atoms with Crippen molar-refractivity contribution in [1.82, 2.24) is 0 Å². The van der Waals surface area contributed by atoms with Crippen LogP contribution >= 0.6 is 0 Å². The first-order valence-electron chi connectivity index (χ1n) is 11.7. The van der Waals surface area contributed by atoms with Crippen molar-refractivity contribution >= 4 is 12.2 Å². The largest absolute Gasteiger partial charge is 0.372 e. The molecule has 6 rings (SSSR count). The molecule has 0 aromatic heterocycles. The molecule has 0 radical (unpaired) electrons. The summed E-state index contributed by atoms with van der Waals surface area (Å²) in [5, 5.41) is 0. The van der Waals surface area contributed by atoms with Crippen LogP contribution in [0.4, 0.5) is 0 Å². The number of allylic oxidation sites excluding steroid dienone is 2. The van der Waals surface area contributed by atoms with Crippen molar-refractivity contribution in [2.75, 3.05) is 0 Å². The Morgan fingerprint density at radius 2 is 0.811 bits per heavy atom. The van der Waals surface area contributed by atoms with Gasteiger partial charge in [-0.05, 0) is 44.5 Å². The van der Waals surface area contributed by atoms with Crippen LogP contribution in [0.25, 0.3) is 12.2 Å². The van der Waals surface area contributed by atoms with Gasteiger partial charge in [-0.2, -0.15) is 0 Å². The van der Waals surface area contributed by atoms with Crippen molar-refractivity contribution in [1.29, 1.82) is 0 Å². The number of hydrogen-bond donors (Lipinski definition) is 0. The smallest absolute Gasteiger partial charge is 0.0724 e. The van der Waals surface area contributed by atoms with Gasteiger partial charge in [0.1, 0.15) is 0 Å². The maximum Gasteiger partial charge on any atom is 0.0724 e. The van der Waals surface area contributed by atoms with Crippen LogP contribution in [-0.2, 0) is 43.8 Å². The minimum Gasteiger partial charge on any atom is -0.372 e. The minimum atomic E-state index is 0. The van der Waals surface area contributed by atoms with Crippen LogP contribution in [0.2, 0.25) is 0 Å². The van der Waals surface area contributed by atoms with Gasteiger partial charge >= 0.3 is 0 Å². The number of benzene rings is 4. The van der Waals surface area contributed by atoms with Crippen LogP contribution in [0.3, 0.4) is 0 Å². The molecule has 4 aromatic rings. The molecule has 0 amide bonds. The van der Waals surface area contributed by atoms with Gasteiger partial charge in [-0.1, -0.05) is 121 Å². The second kappa shape index (κ2) is 13.7.